The highest BCUT2D eigenvalue weighted by molar-refractivity contribution is 7.89. The molecule has 27 heavy (non-hydrogen) atoms. The molecule has 2 rings (SSSR count). The van der Waals surface area contributed by atoms with Crippen molar-refractivity contribution in [2.24, 2.45) is 4.99 Å². The van der Waals surface area contributed by atoms with Gasteiger partial charge in [0.25, 0.3) is 0 Å². The van der Waals surface area contributed by atoms with Crippen LogP contribution in [-0.2, 0) is 16.6 Å². The van der Waals surface area contributed by atoms with E-state index in [1.165, 1.54) is 32.9 Å². The van der Waals surface area contributed by atoms with Crippen LogP contribution in [0.4, 0.5) is 0 Å². The fourth-order valence-corrected chi connectivity index (χ4v) is 4.02. The number of piperidine rings is 1. The van der Waals surface area contributed by atoms with Crippen LogP contribution < -0.4 is 15.4 Å². The molecule has 0 radical (unpaired) electrons. The second-order valence-electron chi connectivity index (χ2n) is 6.94. The number of nitrogens with zero attached hydrogens (tertiary/aromatic N) is 2. The number of hydrogen-bond donors (Lipinski definition) is 3. The first-order chi connectivity index (χ1) is 13.0. The lowest BCUT2D eigenvalue weighted by molar-refractivity contribution is 0.159. The van der Waals surface area contributed by atoms with Crippen molar-refractivity contribution in [1.82, 2.24) is 20.3 Å². The summed E-state index contributed by atoms with van der Waals surface area (Å²) in [5, 5.41) is 6.61. The second-order valence-corrected chi connectivity index (χ2v) is 8.82. The Balaban J connectivity index is 1.72. The maximum absolute atomic E-state index is 11.7. The number of aliphatic imine (C=N–C) groups is 1. The molecule has 1 heterocycles. The second kappa shape index (κ2) is 10.6. The fraction of sp³-hybridized carbons (Fsp3) is 0.632. The molecule has 0 saturated carbocycles. The largest absolute Gasteiger partial charge is 0.356 e. The minimum absolute atomic E-state index is 0.267. The molecule has 152 valence electrons. The topological polar surface area (TPSA) is 85.8 Å². The van der Waals surface area contributed by atoms with Crippen molar-refractivity contribution in [3.05, 3.63) is 29.8 Å². The third kappa shape index (κ3) is 6.79. The maximum Gasteiger partial charge on any atom is 0.240 e. The van der Waals surface area contributed by atoms with Gasteiger partial charge in [0.2, 0.25) is 10.0 Å². The van der Waals surface area contributed by atoms with E-state index in [4.69, 9.17) is 0 Å². The summed E-state index contributed by atoms with van der Waals surface area (Å²) >= 11 is 0. The van der Waals surface area contributed by atoms with Crippen LogP contribution >= 0.6 is 0 Å². The lowest BCUT2D eigenvalue weighted by atomic mass is 10.0. The first-order valence-corrected chi connectivity index (χ1v) is 11.2. The summed E-state index contributed by atoms with van der Waals surface area (Å²) < 4.78 is 25.8. The molecule has 1 aliphatic heterocycles. The van der Waals surface area contributed by atoms with Gasteiger partial charge in [-0.15, -0.1) is 0 Å². The summed E-state index contributed by atoms with van der Waals surface area (Å²) in [4.78, 5) is 7.09. The first kappa shape index (κ1) is 21.7. The Kier molecular flexibility index (Phi) is 8.53. The number of nitrogens with one attached hydrogen (secondary N) is 3. The average molecular weight is 396 g/mol. The zero-order valence-corrected chi connectivity index (χ0v) is 17.5. The van der Waals surface area contributed by atoms with Gasteiger partial charge in [-0.2, -0.15) is 0 Å². The molecule has 0 spiro atoms. The van der Waals surface area contributed by atoms with Gasteiger partial charge in [-0.3, -0.25) is 4.99 Å². The van der Waals surface area contributed by atoms with Crippen molar-refractivity contribution >= 4 is 16.0 Å². The molecule has 1 saturated heterocycles. The minimum Gasteiger partial charge on any atom is -0.356 e. The van der Waals surface area contributed by atoms with Crippen LogP contribution in [0, 0.1) is 0 Å². The normalized spacial score (nSPS) is 19.1. The molecule has 0 amide bonds. The van der Waals surface area contributed by atoms with E-state index in [0.717, 1.165) is 31.0 Å². The van der Waals surface area contributed by atoms with E-state index in [1.54, 1.807) is 19.2 Å². The van der Waals surface area contributed by atoms with E-state index >= 15 is 0 Å². The SMILES string of the molecule is CN=C(NCCCN1CCCCC1C)NCc1ccc(S(=O)(=O)NC)cc1. The molecule has 1 aromatic rings. The van der Waals surface area contributed by atoms with E-state index in [-0.39, 0.29) is 4.90 Å². The Labute approximate surface area is 163 Å². The van der Waals surface area contributed by atoms with Gasteiger partial charge in [-0.1, -0.05) is 18.6 Å². The van der Waals surface area contributed by atoms with Crippen LogP contribution in [0.5, 0.6) is 0 Å². The highest BCUT2D eigenvalue weighted by Crippen LogP contribution is 2.16. The van der Waals surface area contributed by atoms with E-state index in [2.05, 4.69) is 32.2 Å². The maximum atomic E-state index is 11.7. The lowest BCUT2D eigenvalue weighted by Crippen LogP contribution is -2.41. The smallest absolute Gasteiger partial charge is 0.240 e. The Hall–Kier alpha value is -1.64. The van der Waals surface area contributed by atoms with Crippen LogP contribution in [-0.4, -0.2) is 59.0 Å². The third-order valence-corrected chi connectivity index (χ3v) is 6.47. The number of likely N-dealkylation sites (tertiary alicyclic amines) is 1. The summed E-state index contributed by atoms with van der Waals surface area (Å²) in [6.07, 6.45) is 5.07. The number of rotatable bonds is 8. The molecule has 0 aromatic heterocycles. The quantitative estimate of drug-likeness (QED) is 0.353. The molecule has 8 heteroatoms. The molecule has 0 aliphatic carbocycles. The average Bonchev–Trinajstić information content (AvgIpc) is 2.69. The fourth-order valence-electron chi connectivity index (χ4n) is 3.29. The molecular formula is C19H33N5O2S. The monoisotopic (exact) mass is 395 g/mol. The van der Waals surface area contributed by atoms with Crippen molar-refractivity contribution in [1.29, 1.82) is 0 Å². The Morgan fingerprint density at radius 1 is 1.22 bits per heavy atom. The number of hydrogen-bond acceptors (Lipinski definition) is 4. The van der Waals surface area contributed by atoms with Crippen LogP contribution in [0.15, 0.2) is 34.2 Å². The molecule has 3 N–H and O–H groups in total. The molecule has 7 nitrogen and oxygen atoms in total. The minimum atomic E-state index is -3.39. The predicted molar refractivity (Wildman–Crippen MR) is 110 cm³/mol. The highest BCUT2D eigenvalue weighted by Gasteiger charge is 2.17. The third-order valence-electron chi connectivity index (χ3n) is 5.04. The van der Waals surface area contributed by atoms with E-state index in [9.17, 15) is 8.42 Å². The van der Waals surface area contributed by atoms with Crippen LogP contribution in [0.3, 0.4) is 0 Å². The zero-order chi connectivity index (χ0) is 19.7. The summed E-state index contributed by atoms with van der Waals surface area (Å²) in [5.74, 6) is 0.758. The molecule has 1 atom stereocenters. The van der Waals surface area contributed by atoms with Crippen molar-refractivity contribution in [2.75, 3.05) is 33.7 Å². The molecule has 1 unspecified atom stereocenters. The van der Waals surface area contributed by atoms with Crippen molar-refractivity contribution in [3.8, 4) is 0 Å². The van der Waals surface area contributed by atoms with E-state index in [1.807, 2.05) is 12.1 Å². The van der Waals surface area contributed by atoms with Crippen LogP contribution in [0.2, 0.25) is 0 Å². The highest BCUT2D eigenvalue weighted by atomic mass is 32.2. The number of guanidine groups is 1. The summed E-state index contributed by atoms with van der Waals surface area (Å²) in [7, 11) is -0.226. The molecule has 0 bridgehead atoms. The predicted octanol–water partition coefficient (Wildman–Crippen LogP) is 1.52. The van der Waals surface area contributed by atoms with Gasteiger partial charge in [-0.05, 0) is 57.5 Å². The standard InChI is InChI=1S/C19H33N5O2S/c1-16-7-4-5-13-24(16)14-6-12-22-19(20-2)23-15-17-8-10-18(11-9-17)27(25,26)21-3/h8-11,16,21H,4-7,12-15H2,1-3H3,(H2,20,22,23). The van der Waals surface area contributed by atoms with Gasteiger partial charge in [0.05, 0.1) is 4.90 Å². The number of benzene rings is 1. The van der Waals surface area contributed by atoms with Gasteiger partial charge in [0.15, 0.2) is 5.96 Å². The van der Waals surface area contributed by atoms with Gasteiger partial charge < -0.3 is 15.5 Å². The first-order valence-electron chi connectivity index (χ1n) is 9.67. The summed E-state index contributed by atoms with van der Waals surface area (Å²) in [6.45, 7) is 6.12. The molecule has 1 aromatic carbocycles. The van der Waals surface area contributed by atoms with Gasteiger partial charge >= 0.3 is 0 Å². The van der Waals surface area contributed by atoms with Crippen LogP contribution in [0.1, 0.15) is 38.2 Å². The summed E-state index contributed by atoms with van der Waals surface area (Å²) in [5.41, 5.74) is 0.996. The Morgan fingerprint density at radius 3 is 2.59 bits per heavy atom. The lowest BCUT2D eigenvalue weighted by Gasteiger charge is -2.33. The van der Waals surface area contributed by atoms with Crippen molar-refractivity contribution in [2.45, 2.75) is 50.1 Å². The van der Waals surface area contributed by atoms with E-state index < -0.39 is 10.0 Å². The molecular weight excluding hydrogens is 362 g/mol. The van der Waals surface area contributed by atoms with Crippen molar-refractivity contribution < 1.29 is 8.42 Å². The Bertz CT molecular complexity index is 703. The van der Waals surface area contributed by atoms with Crippen LogP contribution in [0.25, 0.3) is 0 Å². The summed E-state index contributed by atoms with van der Waals surface area (Å²) in [6, 6.07) is 7.54. The number of sulfonamides is 1. The van der Waals surface area contributed by atoms with Gasteiger partial charge in [0, 0.05) is 32.7 Å². The molecule has 1 aliphatic rings. The van der Waals surface area contributed by atoms with E-state index in [0.29, 0.717) is 12.6 Å². The van der Waals surface area contributed by atoms with Gasteiger partial charge in [-0.25, -0.2) is 13.1 Å². The Morgan fingerprint density at radius 2 is 1.96 bits per heavy atom. The van der Waals surface area contributed by atoms with Crippen molar-refractivity contribution in [3.63, 3.8) is 0 Å². The molecule has 1 fully saturated rings. The van der Waals surface area contributed by atoms with Gasteiger partial charge in [0.1, 0.15) is 0 Å². The zero-order valence-electron chi connectivity index (χ0n) is 16.7.